The van der Waals surface area contributed by atoms with Crippen molar-refractivity contribution in [2.75, 3.05) is 7.05 Å². The number of nitro groups is 1. The summed E-state index contributed by atoms with van der Waals surface area (Å²) in [6.45, 7) is 0.570. The SMILES string of the molecule is CNCc1ccc(Br)cc1Oc1c(Cl)cccc1[N+](=O)[O-]. The third-order valence-corrected chi connectivity index (χ3v) is 3.54. The van der Waals surface area contributed by atoms with Crippen molar-refractivity contribution >= 4 is 33.2 Å². The smallest absolute Gasteiger partial charge is 0.313 e. The van der Waals surface area contributed by atoms with Crippen LogP contribution in [0.25, 0.3) is 0 Å². The second kappa shape index (κ2) is 6.89. The number of para-hydroxylation sites is 1. The number of nitrogens with one attached hydrogen (secondary N) is 1. The van der Waals surface area contributed by atoms with Crippen molar-refractivity contribution in [3.8, 4) is 11.5 Å². The first-order valence-electron chi connectivity index (χ1n) is 6.06. The average Bonchev–Trinajstić information content (AvgIpc) is 2.44. The van der Waals surface area contributed by atoms with Crippen molar-refractivity contribution in [3.63, 3.8) is 0 Å². The summed E-state index contributed by atoms with van der Waals surface area (Å²) >= 11 is 9.40. The highest BCUT2D eigenvalue weighted by Crippen LogP contribution is 2.39. The molecule has 0 aliphatic heterocycles. The Morgan fingerprint density at radius 2 is 2.14 bits per heavy atom. The van der Waals surface area contributed by atoms with Gasteiger partial charge in [-0.3, -0.25) is 10.1 Å². The molecule has 0 spiro atoms. The summed E-state index contributed by atoms with van der Waals surface area (Å²) in [6, 6.07) is 9.93. The van der Waals surface area contributed by atoms with Crippen LogP contribution in [0.1, 0.15) is 5.56 Å². The average molecular weight is 372 g/mol. The Kier molecular flexibility index (Phi) is 5.17. The van der Waals surface area contributed by atoms with Crippen LogP contribution in [-0.2, 0) is 6.54 Å². The lowest BCUT2D eigenvalue weighted by Gasteiger charge is -2.12. The fourth-order valence-electron chi connectivity index (χ4n) is 1.81. The summed E-state index contributed by atoms with van der Waals surface area (Å²) in [4.78, 5) is 10.6. The molecule has 0 bridgehead atoms. The van der Waals surface area contributed by atoms with Crippen molar-refractivity contribution in [3.05, 3.63) is 61.6 Å². The van der Waals surface area contributed by atoms with Gasteiger partial charge in [0.1, 0.15) is 5.75 Å². The molecule has 0 atom stereocenters. The van der Waals surface area contributed by atoms with E-state index in [2.05, 4.69) is 21.2 Å². The second-order valence-corrected chi connectivity index (χ2v) is 5.55. The van der Waals surface area contributed by atoms with Crippen LogP contribution in [0.15, 0.2) is 40.9 Å². The monoisotopic (exact) mass is 370 g/mol. The van der Waals surface area contributed by atoms with Crippen molar-refractivity contribution in [2.24, 2.45) is 0 Å². The molecule has 7 heteroatoms. The lowest BCUT2D eigenvalue weighted by atomic mass is 10.2. The molecule has 0 unspecified atom stereocenters. The van der Waals surface area contributed by atoms with Crippen molar-refractivity contribution < 1.29 is 9.66 Å². The molecule has 110 valence electrons. The molecule has 0 aliphatic rings. The molecule has 21 heavy (non-hydrogen) atoms. The molecule has 0 heterocycles. The fourth-order valence-corrected chi connectivity index (χ4v) is 2.36. The summed E-state index contributed by atoms with van der Waals surface area (Å²) in [6.07, 6.45) is 0. The van der Waals surface area contributed by atoms with E-state index in [9.17, 15) is 10.1 Å². The zero-order valence-electron chi connectivity index (χ0n) is 11.1. The van der Waals surface area contributed by atoms with Gasteiger partial charge in [-0.1, -0.05) is 39.7 Å². The largest absolute Gasteiger partial charge is 0.448 e. The first-order valence-corrected chi connectivity index (χ1v) is 7.24. The highest BCUT2D eigenvalue weighted by Gasteiger charge is 2.20. The van der Waals surface area contributed by atoms with Crippen LogP contribution < -0.4 is 10.1 Å². The van der Waals surface area contributed by atoms with Crippen molar-refractivity contribution in [1.82, 2.24) is 5.32 Å². The van der Waals surface area contributed by atoms with Crippen LogP contribution in [0.2, 0.25) is 5.02 Å². The Morgan fingerprint density at radius 3 is 2.81 bits per heavy atom. The summed E-state index contributed by atoms with van der Waals surface area (Å²) < 4.78 is 6.53. The van der Waals surface area contributed by atoms with Gasteiger partial charge in [0, 0.05) is 22.6 Å². The normalized spacial score (nSPS) is 10.4. The van der Waals surface area contributed by atoms with E-state index < -0.39 is 4.92 Å². The standard InChI is InChI=1S/C14H12BrClN2O3/c1-17-8-9-5-6-10(15)7-13(9)21-14-11(16)3-2-4-12(14)18(19)20/h2-7,17H,8H2,1H3. The first-order chi connectivity index (χ1) is 10.0. The number of nitro benzene ring substituents is 1. The Balaban J connectivity index is 2.47. The molecule has 2 aromatic carbocycles. The lowest BCUT2D eigenvalue weighted by molar-refractivity contribution is -0.385. The molecule has 2 rings (SSSR count). The maximum atomic E-state index is 11.1. The van der Waals surface area contributed by atoms with Crippen LogP contribution in [0.5, 0.6) is 11.5 Å². The topological polar surface area (TPSA) is 64.4 Å². The summed E-state index contributed by atoms with van der Waals surface area (Å²) in [5.41, 5.74) is 0.702. The van der Waals surface area contributed by atoms with Gasteiger partial charge in [-0.2, -0.15) is 0 Å². The van der Waals surface area contributed by atoms with Gasteiger partial charge in [-0.25, -0.2) is 0 Å². The number of hydrogen-bond acceptors (Lipinski definition) is 4. The predicted octanol–water partition coefficient (Wildman–Crippen LogP) is 4.52. The van der Waals surface area contributed by atoms with Gasteiger partial charge in [0.2, 0.25) is 5.75 Å². The predicted molar refractivity (Wildman–Crippen MR) is 85.1 cm³/mol. The van der Waals surface area contributed by atoms with Gasteiger partial charge < -0.3 is 10.1 Å². The third kappa shape index (κ3) is 3.72. The van der Waals surface area contributed by atoms with Gasteiger partial charge >= 0.3 is 5.69 Å². The quantitative estimate of drug-likeness (QED) is 0.620. The minimum Gasteiger partial charge on any atom is -0.448 e. The van der Waals surface area contributed by atoms with E-state index in [1.807, 2.05) is 19.2 Å². The molecule has 1 N–H and O–H groups in total. The van der Waals surface area contributed by atoms with E-state index in [0.717, 1.165) is 10.0 Å². The number of nitrogens with zero attached hydrogens (tertiary/aromatic N) is 1. The van der Waals surface area contributed by atoms with Gasteiger partial charge in [0.05, 0.1) is 9.95 Å². The van der Waals surface area contributed by atoms with E-state index in [4.69, 9.17) is 16.3 Å². The van der Waals surface area contributed by atoms with E-state index in [0.29, 0.717) is 12.3 Å². The van der Waals surface area contributed by atoms with Gasteiger partial charge in [0.15, 0.2) is 0 Å². The van der Waals surface area contributed by atoms with Crippen molar-refractivity contribution in [2.45, 2.75) is 6.54 Å². The molecular formula is C14H12BrClN2O3. The molecule has 2 aromatic rings. The van der Waals surface area contributed by atoms with Gasteiger partial charge in [-0.05, 0) is 25.2 Å². The zero-order valence-corrected chi connectivity index (χ0v) is 13.4. The van der Waals surface area contributed by atoms with E-state index in [1.54, 1.807) is 12.1 Å². The molecule has 0 saturated carbocycles. The number of ether oxygens (including phenoxy) is 1. The minimum atomic E-state index is -0.517. The molecule has 0 saturated heterocycles. The van der Waals surface area contributed by atoms with E-state index >= 15 is 0 Å². The summed E-state index contributed by atoms with van der Waals surface area (Å²) in [7, 11) is 1.81. The number of halogens is 2. The minimum absolute atomic E-state index is 0.0413. The highest BCUT2D eigenvalue weighted by atomic mass is 79.9. The van der Waals surface area contributed by atoms with Crippen LogP contribution in [0.3, 0.4) is 0 Å². The summed E-state index contributed by atoms with van der Waals surface area (Å²) in [5, 5.41) is 14.3. The Hall–Kier alpha value is -1.63. The second-order valence-electron chi connectivity index (χ2n) is 4.23. The van der Waals surface area contributed by atoms with E-state index in [-0.39, 0.29) is 16.5 Å². The molecule has 0 fully saturated rings. The molecule has 5 nitrogen and oxygen atoms in total. The Morgan fingerprint density at radius 1 is 1.38 bits per heavy atom. The van der Waals surface area contributed by atoms with Crippen molar-refractivity contribution in [1.29, 1.82) is 0 Å². The fraction of sp³-hybridized carbons (Fsp3) is 0.143. The summed E-state index contributed by atoms with van der Waals surface area (Å²) in [5.74, 6) is 0.551. The maximum Gasteiger partial charge on any atom is 0.313 e. The Bertz CT molecular complexity index is 679. The van der Waals surface area contributed by atoms with Gasteiger partial charge in [-0.15, -0.1) is 0 Å². The van der Waals surface area contributed by atoms with Crippen LogP contribution in [0.4, 0.5) is 5.69 Å². The highest BCUT2D eigenvalue weighted by molar-refractivity contribution is 9.10. The third-order valence-electron chi connectivity index (χ3n) is 2.75. The van der Waals surface area contributed by atoms with Crippen LogP contribution in [0, 0.1) is 10.1 Å². The molecule has 0 aliphatic carbocycles. The van der Waals surface area contributed by atoms with Gasteiger partial charge in [0.25, 0.3) is 0 Å². The Labute approximate surface area is 135 Å². The lowest BCUT2D eigenvalue weighted by Crippen LogP contribution is -2.06. The number of hydrogen-bond donors (Lipinski definition) is 1. The molecule has 0 amide bonds. The van der Waals surface area contributed by atoms with Crippen LogP contribution in [-0.4, -0.2) is 12.0 Å². The number of rotatable bonds is 5. The van der Waals surface area contributed by atoms with E-state index in [1.165, 1.54) is 12.1 Å². The zero-order chi connectivity index (χ0) is 15.4. The van der Waals surface area contributed by atoms with Crippen LogP contribution >= 0.6 is 27.5 Å². The maximum absolute atomic E-state index is 11.1. The first kappa shape index (κ1) is 15.8. The number of benzene rings is 2. The molecule has 0 aromatic heterocycles. The molecular weight excluding hydrogens is 360 g/mol. The molecule has 0 radical (unpaired) electrons.